The van der Waals surface area contributed by atoms with Gasteiger partial charge in [0.2, 0.25) is 5.91 Å². The van der Waals surface area contributed by atoms with E-state index in [-0.39, 0.29) is 23.7 Å². The fraction of sp³-hybridized carbons (Fsp3) is 0.412. The van der Waals surface area contributed by atoms with E-state index in [1.807, 2.05) is 6.07 Å². The molecule has 120 valence electrons. The van der Waals surface area contributed by atoms with E-state index >= 15 is 0 Å². The van der Waals surface area contributed by atoms with Crippen LogP contribution in [-0.4, -0.2) is 24.9 Å². The van der Waals surface area contributed by atoms with Gasteiger partial charge >= 0.3 is 0 Å². The van der Waals surface area contributed by atoms with Crippen LogP contribution in [0.2, 0.25) is 0 Å². The lowest BCUT2D eigenvalue weighted by Gasteiger charge is -2.24. The second kappa shape index (κ2) is 5.09. The molecule has 4 rings (SSSR count). The lowest BCUT2D eigenvalue weighted by molar-refractivity contribution is -0.119. The minimum Gasteiger partial charge on any atom is -0.493 e. The van der Waals surface area contributed by atoms with Crippen LogP contribution in [0.5, 0.6) is 11.5 Å². The first-order valence-electron chi connectivity index (χ1n) is 7.60. The molecule has 3 unspecified atom stereocenters. The van der Waals surface area contributed by atoms with Gasteiger partial charge in [-0.1, -0.05) is 21.5 Å². The molecule has 0 spiro atoms. The van der Waals surface area contributed by atoms with E-state index in [0.717, 1.165) is 21.2 Å². The van der Waals surface area contributed by atoms with Gasteiger partial charge in [-0.3, -0.25) is 9.59 Å². The third-order valence-electron chi connectivity index (χ3n) is 5.01. The molecular formula is C17H16BrNO4. The molecule has 3 aliphatic rings. The van der Waals surface area contributed by atoms with Crippen molar-refractivity contribution in [3.8, 4) is 11.5 Å². The highest BCUT2D eigenvalue weighted by Crippen LogP contribution is 2.57. The fourth-order valence-electron chi connectivity index (χ4n) is 4.09. The topological polar surface area (TPSA) is 78.6 Å². The summed E-state index contributed by atoms with van der Waals surface area (Å²) in [6.07, 6.45) is 3.14. The van der Waals surface area contributed by atoms with Crippen molar-refractivity contribution in [3.05, 3.63) is 33.3 Å². The van der Waals surface area contributed by atoms with Gasteiger partial charge in [0.15, 0.2) is 17.3 Å². The summed E-state index contributed by atoms with van der Waals surface area (Å²) >= 11 is 3.57. The van der Waals surface area contributed by atoms with Crippen molar-refractivity contribution in [2.75, 3.05) is 7.11 Å². The van der Waals surface area contributed by atoms with Gasteiger partial charge in [-0.05, 0) is 30.5 Å². The van der Waals surface area contributed by atoms with E-state index in [9.17, 15) is 9.59 Å². The highest BCUT2D eigenvalue weighted by molar-refractivity contribution is 9.10. The Hall–Kier alpha value is -1.82. The number of nitrogens with two attached hydrogens (primary N) is 1. The summed E-state index contributed by atoms with van der Waals surface area (Å²) < 4.78 is 12.3. The molecule has 23 heavy (non-hydrogen) atoms. The molecule has 1 aromatic carbocycles. The van der Waals surface area contributed by atoms with Crippen molar-refractivity contribution < 1.29 is 19.1 Å². The predicted molar refractivity (Wildman–Crippen MR) is 86.7 cm³/mol. The Morgan fingerprint density at radius 2 is 2.22 bits per heavy atom. The molecule has 1 heterocycles. The lowest BCUT2D eigenvalue weighted by Crippen LogP contribution is -2.27. The van der Waals surface area contributed by atoms with E-state index in [4.69, 9.17) is 15.2 Å². The van der Waals surface area contributed by atoms with Crippen molar-refractivity contribution in [2.24, 2.45) is 5.73 Å². The molecule has 0 saturated heterocycles. The summed E-state index contributed by atoms with van der Waals surface area (Å²) in [6.45, 7) is 0. The number of allylic oxidation sites excluding steroid dienone is 1. The number of carbonyl (C=O) groups excluding carboxylic acids is 2. The second-order valence-electron chi connectivity index (χ2n) is 6.23. The molecule has 1 aromatic rings. The number of rotatable bonds is 2. The molecule has 1 amide bonds. The van der Waals surface area contributed by atoms with Gasteiger partial charge in [0.1, 0.15) is 6.10 Å². The number of benzene rings is 1. The van der Waals surface area contributed by atoms with Crippen LogP contribution in [0.15, 0.2) is 22.2 Å². The van der Waals surface area contributed by atoms with E-state index in [0.29, 0.717) is 30.8 Å². The maximum atomic E-state index is 12.0. The van der Waals surface area contributed by atoms with Crippen molar-refractivity contribution in [1.29, 1.82) is 0 Å². The molecule has 6 heteroatoms. The number of halogens is 1. The first kappa shape index (κ1) is 14.8. The van der Waals surface area contributed by atoms with Crippen LogP contribution in [0.3, 0.4) is 0 Å². The quantitative estimate of drug-likeness (QED) is 0.858. The zero-order chi connectivity index (χ0) is 16.3. The van der Waals surface area contributed by atoms with Gasteiger partial charge < -0.3 is 15.2 Å². The van der Waals surface area contributed by atoms with Crippen LogP contribution in [-0.2, 0) is 9.59 Å². The number of methoxy groups -OCH3 is 1. The second-order valence-corrected chi connectivity index (χ2v) is 7.09. The standard InChI is InChI=1S/C17H16BrNO4/c1-22-12-6-10(18)14-9(17(19)21)3-2-7-4-8(20)5-11-13(7)15(14)16(12)23-11/h4,6,9,11,13H,2-3,5H2,1H3,(H2,19,21). The van der Waals surface area contributed by atoms with Crippen molar-refractivity contribution in [3.63, 3.8) is 0 Å². The summed E-state index contributed by atoms with van der Waals surface area (Å²) in [6, 6.07) is 1.82. The van der Waals surface area contributed by atoms with Crippen LogP contribution < -0.4 is 15.2 Å². The summed E-state index contributed by atoms with van der Waals surface area (Å²) in [7, 11) is 1.58. The predicted octanol–water partition coefficient (Wildman–Crippen LogP) is 2.56. The van der Waals surface area contributed by atoms with E-state index in [1.54, 1.807) is 13.2 Å². The Morgan fingerprint density at radius 3 is 2.91 bits per heavy atom. The van der Waals surface area contributed by atoms with E-state index in [2.05, 4.69) is 15.9 Å². The van der Waals surface area contributed by atoms with Gasteiger partial charge in [-0.2, -0.15) is 0 Å². The highest BCUT2D eigenvalue weighted by Gasteiger charge is 2.47. The number of hydrogen-bond acceptors (Lipinski definition) is 4. The largest absolute Gasteiger partial charge is 0.493 e. The molecule has 0 bridgehead atoms. The molecular weight excluding hydrogens is 362 g/mol. The number of hydrogen-bond donors (Lipinski definition) is 1. The molecule has 1 aliphatic heterocycles. The van der Waals surface area contributed by atoms with Gasteiger partial charge in [0.05, 0.1) is 13.0 Å². The summed E-state index contributed by atoms with van der Waals surface area (Å²) in [5, 5.41) is 0. The van der Waals surface area contributed by atoms with Crippen LogP contribution in [0.1, 0.15) is 42.2 Å². The molecule has 2 aliphatic carbocycles. The normalized spacial score (nSPS) is 27.7. The molecule has 5 nitrogen and oxygen atoms in total. The first-order chi connectivity index (χ1) is 11.0. The molecule has 0 aromatic heterocycles. The minimum atomic E-state index is -0.395. The summed E-state index contributed by atoms with van der Waals surface area (Å²) in [4.78, 5) is 24.0. The van der Waals surface area contributed by atoms with E-state index in [1.165, 1.54) is 0 Å². The Morgan fingerprint density at radius 1 is 1.43 bits per heavy atom. The third kappa shape index (κ3) is 2.04. The SMILES string of the molecule is COc1cc(Br)c2c3c1OC1CC(=O)C=C(CCC2C(N)=O)C31. The number of primary amides is 1. The molecule has 0 radical (unpaired) electrons. The average molecular weight is 378 g/mol. The van der Waals surface area contributed by atoms with Gasteiger partial charge in [0.25, 0.3) is 0 Å². The lowest BCUT2D eigenvalue weighted by atomic mass is 9.80. The fourth-order valence-corrected chi connectivity index (χ4v) is 4.79. The highest BCUT2D eigenvalue weighted by atomic mass is 79.9. The number of ketones is 1. The van der Waals surface area contributed by atoms with Gasteiger partial charge in [-0.25, -0.2) is 0 Å². The molecule has 0 fully saturated rings. The van der Waals surface area contributed by atoms with Crippen molar-refractivity contribution in [1.82, 2.24) is 0 Å². The monoisotopic (exact) mass is 377 g/mol. The summed E-state index contributed by atoms with van der Waals surface area (Å²) in [5.41, 5.74) is 8.54. The number of amides is 1. The van der Waals surface area contributed by atoms with Crippen molar-refractivity contribution >= 4 is 27.6 Å². The Bertz CT molecular complexity index is 770. The van der Waals surface area contributed by atoms with E-state index < -0.39 is 5.92 Å². The first-order valence-corrected chi connectivity index (χ1v) is 8.40. The molecule has 0 saturated carbocycles. The zero-order valence-corrected chi connectivity index (χ0v) is 14.2. The summed E-state index contributed by atoms with van der Waals surface area (Å²) in [5.74, 6) is 0.594. The zero-order valence-electron chi connectivity index (χ0n) is 12.6. The maximum absolute atomic E-state index is 12.0. The van der Waals surface area contributed by atoms with Gasteiger partial charge in [-0.15, -0.1) is 0 Å². The third-order valence-corrected chi connectivity index (χ3v) is 5.66. The minimum absolute atomic E-state index is 0.00782. The molecule has 2 N–H and O–H groups in total. The van der Waals surface area contributed by atoms with Crippen LogP contribution in [0.25, 0.3) is 0 Å². The molecule has 3 atom stereocenters. The Labute approximate surface area is 141 Å². The van der Waals surface area contributed by atoms with Crippen LogP contribution in [0, 0.1) is 0 Å². The average Bonchev–Trinajstić information content (AvgIpc) is 2.76. The van der Waals surface area contributed by atoms with Crippen LogP contribution in [0.4, 0.5) is 0 Å². The number of carbonyl (C=O) groups is 2. The van der Waals surface area contributed by atoms with Crippen molar-refractivity contribution in [2.45, 2.75) is 37.2 Å². The number of ether oxygens (including phenoxy) is 2. The maximum Gasteiger partial charge on any atom is 0.225 e. The van der Waals surface area contributed by atoms with Gasteiger partial charge in [0, 0.05) is 22.4 Å². The Balaban J connectivity index is 2.02. The Kier molecular flexibility index (Phi) is 3.27. The smallest absolute Gasteiger partial charge is 0.225 e. The van der Waals surface area contributed by atoms with Crippen LogP contribution >= 0.6 is 15.9 Å².